The Bertz CT molecular complexity index is 430. The van der Waals surface area contributed by atoms with Gasteiger partial charge in [-0.2, -0.15) is 0 Å². The second-order valence-corrected chi connectivity index (χ2v) is 4.17. The molecule has 0 heterocycles. The van der Waals surface area contributed by atoms with E-state index in [1.54, 1.807) is 14.0 Å². The van der Waals surface area contributed by atoms with E-state index in [4.69, 9.17) is 5.73 Å². The van der Waals surface area contributed by atoms with Gasteiger partial charge in [-0.3, -0.25) is 4.79 Å². The number of hydrogen-bond donors (Lipinski definition) is 1. The summed E-state index contributed by atoms with van der Waals surface area (Å²) in [5.41, 5.74) is 6.13. The van der Waals surface area contributed by atoms with Crippen LogP contribution in [0.4, 0.5) is 13.2 Å². The second kappa shape index (κ2) is 5.92. The van der Waals surface area contributed by atoms with Gasteiger partial charge in [-0.05, 0) is 24.6 Å². The summed E-state index contributed by atoms with van der Waals surface area (Å²) in [6.45, 7) is 1.84. The van der Waals surface area contributed by atoms with E-state index < -0.39 is 12.4 Å². The number of hydrogen-bond acceptors (Lipinski definition) is 3. The van der Waals surface area contributed by atoms with E-state index in [0.717, 1.165) is 0 Å². The molecule has 1 aromatic rings. The number of nitrogens with two attached hydrogens (primary N) is 1. The highest BCUT2D eigenvalue weighted by atomic mass is 19.4. The van der Waals surface area contributed by atoms with Crippen LogP contribution < -0.4 is 10.5 Å². The molecule has 0 saturated heterocycles. The van der Waals surface area contributed by atoms with Crippen molar-refractivity contribution in [3.8, 4) is 5.75 Å². The Labute approximate surface area is 108 Å². The highest BCUT2D eigenvalue weighted by Gasteiger charge is 2.30. The Hall–Kier alpha value is -1.76. The largest absolute Gasteiger partial charge is 0.573 e. The second-order valence-electron chi connectivity index (χ2n) is 4.17. The molecule has 0 saturated carbocycles. The van der Waals surface area contributed by atoms with Crippen molar-refractivity contribution in [2.24, 2.45) is 5.73 Å². The van der Waals surface area contributed by atoms with Gasteiger partial charge in [0.15, 0.2) is 0 Å². The SMILES string of the molecule is C[C@H](N)C(=O)N(C)Cc1ccc(OC(F)(F)F)cc1. The molecule has 0 fully saturated rings. The van der Waals surface area contributed by atoms with Gasteiger partial charge in [0.1, 0.15) is 5.75 Å². The van der Waals surface area contributed by atoms with Crippen molar-refractivity contribution in [2.45, 2.75) is 25.9 Å². The zero-order valence-electron chi connectivity index (χ0n) is 10.6. The quantitative estimate of drug-likeness (QED) is 0.913. The minimum atomic E-state index is -4.71. The lowest BCUT2D eigenvalue weighted by atomic mass is 10.2. The number of nitrogens with zero attached hydrogens (tertiary/aromatic N) is 1. The lowest BCUT2D eigenvalue weighted by molar-refractivity contribution is -0.274. The zero-order chi connectivity index (χ0) is 14.6. The van der Waals surface area contributed by atoms with Gasteiger partial charge in [-0.1, -0.05) is 12.1 Å². The lowest BCUT2D eigenvalue weighted by Crippen LogP contribution is -2.39. The van der Waals surface area contributed by atoms with Crippen molar-refractivity contribution >= 4 is 5.91 Å². The first-order valence-electron chi connectivity index (χ1n) is 5.54. The van der Waals surface area contributed by atoms with Crippen LogP contribution >= 0.6 is 0 Å². The summed E-state index contributed by atoms with van der Waals surface area (Å²) in [7, 11) is 1.58. The van der Waals surface area contributed by atoms with Crippen LogP contribution in [0, 0.1) is 0 Å². The van der Waals surface area contributed by atoms with Gasteiger partial charge >= 0.3 is 6.36 Å². The first-order chi connectivity index (χ1) is 8.69. The summed E-state index contributed by atoms with van der Waals surface area (Å²) in [6, 6.07) is 4.72. The van der Waals surface area contributed by atoms with Crippen molar-refractivity contribution < 1.29 is 22.7 Å². The molecule has 1 aromatic carbocycles. The van der Waals surface area contributed by atoms with Gasteiger partial charge < -0.3 is 15.4 Å². The number of benzene rings is 1. The molecule has 0 aromatic heterocycles. The van der Waals surface area contributed by atoms with Crippen molar-refractivity contribution in [3.05, 3.63) is 29.8 Å². The smallest absolute Gasteiger partial charge is 0.406 e. The molecule has 0 unspecified atom stereocenters. The van der Waals surface area contributed by atoms with Crippen LogP contribution in [0.2, 0.25) is 0 Å². The molecule has 1 amide bonds. The number of halogens is 3. The number of ether oxygens (including phenoxy) is 1. The molecule has 0 aliphatic rings. The van der Waals surface area contributed by atoms with Gasteiger partial charge in [0, 0.05) is 13.6 Å². The normalized spacial score (nSPS) is 12.9. The summed E-state index contributed by atoms with van der Waals surface area (Å²) in [5, 5.41) is 0. The van der Waals surface area contributed by atoms with Crippen LogP contribution in [-0.2, 0) is 11.3 Å². The minimum Gasteiger partial charge on any atom is -0.406 e. The van der Waals surface area contributed by atoms with Gasteiger partial charge in [-0.15, -0.1) is 13.2 Å². The van der Waals surface area contributed by atoms with E-state index in [1.165, 1.54) is 29.2 Å². The number of amides is 1. The summed E-state index contributed by atoms with van der Waals surface area (Å²) in [5.74, 6) is -0.534. The van der Waals surface area contributed by atoms with E-state index in [0.29, 0.717) is 5.56 Å². The highest BCUT2D eigenvalue weighted by molar-refractivity contribution is 5.80. The molecule has 0 aliphatic heterocycles. The van der Waals surface area contributed by atoms with Crippen molar-refractivity contribution in [1.82, 2.24) is 4.90 Å². The maximum Gasteiger partial charge on any atom is 0.573 e. The third-order valence-electron chi connectivity index (χ3n) is 2.34. The van der Waals surface area contributed by atoms with E-state index in [1.807, 2.05) is 0 Å². The lowest BCUT2D eigenvalue weighted by Gasteiger charge is -2.19. The number of carbonyl (C=O) groups excluding carboxylic acids is 1. The van der Waals surface area contributed by atoms with E-state index in [2.05, 4.69) is 4.74 Å². The predicted octanol–water partition coefficient (Wildman–Crippen LogP) is 1.89. The Kier molecular flexibility index (Phi) is 4.77. The van der Waals surface area contributed by atoms with Crippen LogP contribution in [0.25, 0.3) is 0 Å². The van der Waals surface area contributed by atoms with E-state index in [9.17, 15) is 18.0 Å². The van der Waals surface area contributed by atoms with Crippen molar-refractivity contribution in [1.29, 1.82) is 0 Å². The number of likely N-dealkylation sites (N-methyl/N-ethyl adjacent to an activating group) is 1. The summed E-state index contributed by atoms with van der Waals surface area (Å²) < 4.78 is 39.6. The molecule has 1 rings (SSSR count). The Morgan fingerprint density at radius 1 is 1.37 bits per heavy atom. The molecular formula is C12H15F3N2O2. The molecule has 19 heavy (non-hydrogen) atoms. The standard InChI is InChI=1S/C12H15F3N2O2/c1-8(16)11(18)17(2)7-9-3-5-10(6-4-9)19-12(13,14)15/h3-6,8H,7,16H2,1-2H3/t8-/m0/s1. The summed E-state index contributed by atoms with van der Waals surface area (Å²) >= 11 is 0. The van der Waals surface area contributed by atoms with E-state index >= 15 is 0 Å². The maximum absolute atomic E-state index is 12.0. The third-order valence-corrected chi connectivity index (χ3v) is 2.34. The Morgan fingerprint density at radius 3 is 2.32 bits per heavy atom. The fourth-order valence-corrected chi connectivity index (χ4v) is 1.50. The van der Waals surface area contributed by atoms with Gasteiger partial charge in [0.05, 0.1) is 6.04 Å². The maximum atomic E-state index is 12.0. The number of alkyl halides is 3. The third kappa shape index (κ3) is 5.17. The molecule has 2 N–H and O–H groups in total. The Balaban J connectivity index is 2.65. The van der Waals surface area contributed by atoms with Crippen molar-refractivity contribution in [2.75, 3.05) is 7.05 Å². The Morgan fingerprint density at radius 2 is 1.89 bits per heavy atom. The van der Waals surface area contributed by atoms with Crippen LogP contribution in [-0.4, -0.2) is 30.3 Å². The fraction of sp³-hybridized carbons (Fsp3) is 0.417. The predicted molar refractivity (Wildman–Crippen MR) is 63.2 cm³/mol. The first kappa shape index (κ1) is 15.3. The topological polar surface area (TPSA) is 55.6 Å². The molecule has 0 spiro atoms. The molecule has 7 heteroatoms. The van der Waals surface area contributed by atoms with Crippen LogP contribution in [0.15, 0.2) is 24.3 Å². The monoisotopic (exact) mass is 276 g/mol. The zero-order valence-corrected chi connectivity index (χ0v) is 10.6. The molecule has 0 aliphatic carbocycles. The summed E-state index contributed by atoms with van der Waals surface area (Å²) in [6.07, 6.45) is -4.71. The molecule has 106 valence electrons. The average Bonchev–Trinajstić information content (AvgIpc) is 2.28. The van der Waals surface area contributed by atoms with Crippen LogP contribution in [0.5, 0.6) is 5.75 Å². The highest BCUT2D eigenvalue weighted by Crippen LogP contribution is 2.22. The number of rotatable bonds is 4. The van der Waals surface area contributed by atoms with Gasteiger partial charge in [0.2, 0.25) is 5.91 Å². The molecular weight excluding hydrogens is 261 g/mol. The van der Waals surface area contributed by atoms with E-state index in [-0.39, 0.29) is 18.2 Å². The van der Waals surface area contributed by atoms with Crippen molar-refractivity contribution in [3.63, 3.8) is 0 Å². The van der Waals surface area contributed by atoms with Crippen LogP contribution in [0.3, 0.4) is 0 Å². The molecule has 1 atom stereocenters. The first-order valence-corrected chi connectivity index (χ1v) is 5.54. The van der Waals surface area contributed by atoms with Gasteiger partial charge in [-0.25, -0.2) is 0 Å². The molecule has 0 radical (unpaired) electrons. The molecule has 4 nitrogen and oxygen atoms in total. The fourth-order valence-electron chi connectivity index (χ4n) is 1.50. The number of carbonyl (C=O) groups is 1. The summed E-state index contributed by atoms with van der Waals surface area (Å²) in [4.78, 5) is 12.9. The van der Waals surface area contributed by atoms with Crippen LogP contribution in [0.1, 0.15) is 12.5 Å². The molecule has 0 bridgehead atoms. The minimum absolute atomic E-state index is 0.240. The van der Waals surface area contributed by atoms with Gasteiger partial charge in [0.25, 0.3) is 0 Å². The average molecular weight is 276 g/mol.